The molecule has 1 amide bonds. The minimum Gasteiger partial charge on any atom is -0.497 e. The van der Waals surface area contributed by atoms with Crippen molar-refractivity contribution in [2.45, 2.75) is 0 Å². The van der Waals surface area contributed by atoms with E-state index in [1.807, 2.05) is 29.2 Å². The zero-order chi connectivity index (χ0) is 16.8. The number of benzene rings is 1. The normalized spacial score (nSPS) is 14.4. The fourth-order valence-electron chi connectivity index (χ4n) is 2.68. The molecule has 126 valence electrons. The maximum atomic E-state index is 12.3. The van der Waals surface area contributed by atoms with Crippen LogP contribution in [0.4, 0.5) is 5.69 Å². The highest BCUT2D eigenvalue weighted by atomic mass is 16.5. The van der Waals surface area contributed by atoms with Crippen LogP contribution in [-0.4, -0.2) is 55.7 Å². The molecule has 1 fully saturated rings. The van der Waals surface area contributed by atoms with Crippen molar-refractivity contribution in [2.75, 3.05) is 44.8 Å². The smallest absolute Gasteiger partial charge is 0.260 e. The predicted molar refractivity (Wildman–Crippen MR) is 91.5 cm³/mol. The van der Waals surface area contributed by atoms with Crippen LogP contribution in [0.25, 0.3) is 0 Å². The third-order valence-corrected chi connectivity index (χ3v) is 4.08. The number of rotatable bonds is 5. The van der Waals surface area contributed by atoms with E-state index in [1.54, 1.807) is 31.6 Å². The molecule has 0 radical (unpaired) electrons. The number of anilines is 1. The van der Waals surface area contributed by atoms with Crippen LogP contribution < -0.4 is 14.4 Å². The van der Waals surface area contributed by atoms with Crippen LogP contribution in [0.1, 0.15) is 0 Å². The Morgan fingerprint density at radius 1 is 1.00 bits per heavy atom. The molecule has 6 heteroatoms. The van der Waals surface area contributed by atoms with E-state index in [2.05, 4.69) is 9.88 Å². The van der Waals surface area contributed by atoms with E-state index in [4.69, 9.17) is 9.47 Å². The molecule has 1 aromatic carbocycles. The number of carbonyl (C=O) groups is 1. The standard InChI is InChI=1S/C18H21N3O3/c1-23-16-2-4-17(5-3-16)24-14-18(22)21-12-10-20(11-13-21)15-6-8-19-9-7-15/h2-9H,10-14H2,1H3. The number of nitrogens with zero attached hydrogens (tertiary/aromatic N) is 3. The summed E-state index contributed by atoms with van der Waals surface area (Å²) in [6.07, 6.45) is 3.57. The van der Waals surface area contributed by atoms with Gasteiger partial charge in [0.2, 0.25) is 0 Å². The second-order valence-electron chi connectivity index (χ2n) is 5.54. The fraction of sp³-hybridized carbons (Fsp3) is 0.333. The van der Waals surface area contributed by atoms with Crippen LogP contribution in [0.2, 0.25) is 0 Å². The van der Waals surface area contributed by atoms with Crippen molar-refractivity contribution in [3.05, 3.63) is 48.8 Å². The van der Waals surface area contributed by atoms with Gasteiger partial charge in [-0.1, -0.05) is 0 Å². The SMILES string of the molecule is COc1ccc(OCC(=O)N2CCN(c3ccncc3)CC2)cc1. The van der Waals surface area contributed by atoms with Crippen molar-refractivity contribution in [1.29, 1.82) is 0 Å². The molecule has 2 aromatic rings. The molecule has 0 spiro atoms. The highest BCUT2D eigenvalue weighted by Crippen LogP contribution is 2.18. The van der Waals surface area contributed by atoms with Crippen molar-refractivity contribution in [3.63, 3.8) is 0 Å². The largest absolute Gasteiger partial charge is 0.497 e. The first-order valence-electron chi connectivity index (χ1n) is 7.96. The summed E-state index contributed by atoms with van der Waals surface area (Å²) in [5, 5.41) is 0. The first-order chi connectivity index (χ1) is 11.8. The zero-order valence-corrected chi connectivity index (χ0v) is 13.7. The van der Waals surface area contributed by atoms with Gasteiger partial charge in [-0.25, -0.2) is 0 Å². The fourth-order valence-corrected chi connectivity index (χ4v) is 2.68. The Morgan fingerprint density at radius 3 is 2.25 bits per heavy atom. The van der Waals surface area contributed by atoms with Gasteiger partial charge in [-0.15, -0.1) is 0 Å². The number of hydrogen-bond donors (Lipinski definition) is 0. The molecule has 1 aliphatic rings. The van der Waals surface area contributed by atoms with Gasteiger partial charge >= 0.3 is 0 Å². The van der Waals surface area contributed by atoms with Crippen molar-refractivity contribution < 1.29 is 14.3 Å². The minimum absolute atomic E-state index is 0.0141. The Bertz CT molecular complexity index is 653. The number of carbonyl (C=O) groups excluding carboxylic acids is 1. The van der Waals surface area contributed by atoms with E-state index in [-0.39, 0.29) is 12.5 Å². The summed E-state index contributed by atoms with van der Waals surface area (Å²) in [6, 6.07) is 11.2. The Kier molecular flexibility index (Phi) is 5.15. The Balaban J connectivity index is 1.46. The van der Waals surface area contributed by atoms with Crippen molar-refractivity contribution in [3.8, 4) is 11.5 Å². The highest BCUT2D eigenvalue weighted by molar-refractivity contribution is 5.78. The lowest BCUT2D eigenvalue weighted by molar-refractivity contribution is -0.133. The second-order valence-corrected chi connectivity index (χ2v) is 5.54. The van der Waals surface area contributed by atoms with Crippen molar-refractivity contribution in [2.24, 2.45) is 0 Å². The van der Waals surface area contributed by atoms with Crippen LogP contribution in [0.3, 0.4) is 0 Å². The number of methoxy groups -OCH3 is 1. The van der Waals surface area contributed by atoms with Crippen molar-refractivity contribution >= 4 is 11.6 Å². The van der Waals surface area contributed by atoms with Crippen LogP contribution in [0.5, 0.6) is 11.5 Å². The molecule has 0 atom stereocenters. The molecule has 1 aromatic heterocycles. The summed E-state index contributed by atoms with van der Waals surface area (Å²) in [7, 11) is 1.62. The summed E-state index contributed by atoms with van der Waals surface area (Å²) in [6.45, 7) is 3.10. The summed E-state index contributed by atoms with van der Waals surface area (Å²) >= 11 is 0. The third-order valence-electron chi connectivity index (χ3n) is 4.08. The maximum absolute atomic E-state index is 12.3. The number of ether oxygens (including phenoxy) is 2. The summed E-state index contributed by atoms with van der Waals surface area (Å²) in [5.41, 5.74) is 1.14. The predicted octanol–water partition coefficient (Wildman–Crippen LogP) is 1.82. The molecule has 6 nitrogen and oxygen atoms in total. The average Bonchev–Trinajstić information content (AvgIpc) is 2.67. The van der Waals surface area contributed by atoms with Gasteiger partial charge in [-0.05, 0) is 36.4 Å². The maximum Gasteiger partial charge on any atom is 0.260 e. The lowest BCUT2D eigenvalue weighted by Gasteiger charge is -2.36. The van der Waals surface area contributed by atoms with Crippen LogP contribution in [0, 0.1) is 0 Å². The monoisotopic (exact) mass is 327 g/mol. The number of pyridine rings is 1. The lowest BCUT2D eigenvalue weighted by Crippen LogP contribution is -2.50. The average molecular weight is 327 g/mol. The number of piperazine rings is 1. The molecule has 0 bridgehead atoms. The molecule has 2 heterocycles. The summed E-state index contributed by atoms with van der Waals surface area (Å²) in [5.74, 6) is 1.45. The van der Waals surface area contributed by atoms with E-state index < -0.39 is 0 Å². The zero-order valence-electron chi connectivity index (χ0n) is 13.7. The van der Waals surface area contributed by atoms with E-state index in [0.29, 0.717) is 18.8 Å². The van der Waals surface area contributed by atoms with Gasteiger partial charge in [0.25, 0.3) is 5.91 Å². The van der Waals surface area contributed by atoms with E-state index >= 15 is 0 Å². The minimum atomic E-state index is 0.0141. The molecule has 1 aliphatic heterocycles. The van der Waals surface area contributed by atoms with Gasteiger partial charge in [-0.3, -0.25) is 9.78 Å². The molecule has 24 heavy (non-hydrogen) atoms. The Morgan fingerprint density at radius 2 is 1.62 bits per heavy atom. The molecular weight excluding hydrogens is 306 g/mol. The van der Waals surface area contributed by atoms with Crippen LogP contribution >= 0.6 is 0 Å². The summed E-state index contributed by atoms with van der Waals surface area (Å²) < 4.78 is 10.7. The van der Waals surface area contributed by atoms with Gasteiger partial charge in [0.1, 0.15) is 11.5 Å². The quantitative estimate of drug-likeness (QED) is 0.838. The summed E-state index contributed by atoms with van der Waals surface area (Å²) in [4.78, 5) is 20.4. The van der Waals surface area contributed by atoms with Crippen molar-refractivity contribution in [1.82, 2.24) is 9.88 Å². The molecule has 0 saturated carbocycles. The lowest BCUT2D eigenvalue weighted by atomic mass is 10.2. The third kappa shape index (κ3) is 3.95. The molecule has 3 rings (SSSR count). The molecule has 0 aliphatic carbocycles. The van der Waals surface area contributed by atoms with E-state index in [9.17, 15) is 4.79 Å². The van der Waals surface area contributed by atoms with Gasteiger partial charge in [0.05, 0.1) is 7.11 Å². The Hall–Kier alpha value is -2.76. The first kappa shape index (κ1) is 16.1. The first-order valence-corrected chi connectivity index (χ1v) is 7.96. The van der Waals surface area contributed by atoms with E-state index in [0.717, 1.165) is 24.5 Å². The van der Waals surface area contributed by atoms with E-state index in [1.165, 1.54) is 0 Å². The molecule has 0 N–H and O–H groups in total. The molecule has 0 unspecified atom stereocenters. The molecule has 1 saturated heterocycles. The number of amides is 1. The topological polar surface area (TPSA) is 54.9 Å². The van der Waals surface area contributed by atoms with Gasteiger partial charge in [-0.2, -0.15) is 0 Å². The van der Waals surface area contributed by atoms with Crippen LogP contribution in [-0.2, 0) is 4.79 Å². The highest BCUT2D eigenvalue weighted by Gasteiger charge is 2.21. The van der Waals surface area contributed by atoms with Gasteiger partial charge in [0, 0.05) is 44.3 Å². The second kappa shape index (κ2) is 7.68. The van der Waals surface area contributed by atoms with Gasteiger partial charge < -0.3 is 19.3 Å². The number of hydrogen-bond acceptors (Lipinski definition) is 5. The van der Waals surface area contributed by atoms with Crippen LogP contribution in [0.15, 0.2) is 48.8 Å². The van der Waals surface area contributed by atoms with Gasteiger partial charge in [0.15, 0.2) is 6.61 Å². The number of aromatic nitrogens is 1. The molecular formula is C18H21N3O3. The Labute approximate surface area is 141 Å².